The summed E-state index contributed by atoms with van der Waals surface area (Å²) in [5.41, 5.74) is 5.53. The predicted octanol–water partition coefficient (Wildman–Crippen LogP) is 1.16. The minimum Gasteiger partial charge on any atom is -0.380 e. The van der Waals surface area contributed by atoms with Gasteiger partial charge in [0, 0.05) is 25.2 Å². The zero-order valence-electron chi connectivity index (χ0n) is 9.27. The summed E-state index contributed by atoms with van der Waals surface area (Å²) in [7, 11) is 1.70. The van der Waals surface area contributed by atoms with Crippen molar-refractivity contribution in [2.24, 2.45) is 5.73 Å². The molecule has 0 fully saturated rings. The minimum absolute atomic E-state index is 0.154. The van der Waals surface area contributed by atoms with E-state index in [9.17, 15) is 0 Å². The van der Waals surface area contributed by atoms with Crippen molar-refractivity contribution in [1.82, 2.24) is 10.3 Å². The second-order valence-corrected chi connectivity index (χ2v) is 4.35. The van der Waals surface area contributed by atoms with Crippen molar-refractivity contribution >= 4 is 11.3 Å². The molecule has 2 atom stereocenters. The van der Waals surface area contributed by atoms with Crippen molar-refractivity contribution in [2.75, 3.05) is 20.2 Å². The van der Waals surface area contributed by atoms with E-state index >= 15 is 0 Å². The van der Waals surface area contributed by atoms with Gasteiger partial charge in [0.1, 0.15) is 5.01 Å². The van der Waals surface area contributed by atoms with Crippen molar-refractivity contribution in [1.29, 1.82) is 0 Å². The lowest BCUT2D eigenvalue weighted by atomic mass is 10.2. The number of ether oxygens (including phenoxy) is 1. The smallest absolute Gasteiger partial charge is 0.109 e. The Bertz CT molecular complexity index is 249. The summed E-state index contributed by atoms with van der Waals surface area (Å²) >= 11 is 1.67. The van der Waals surface area contributed by atoms with Crippen LogP contribution in [0.2, 0.25) is 0 Å². The lowest BCUT2D eigenvalue weighted by Gasteiger charge is -2.15. The third-order valence-electron chi connectivity index (χ3n) is 2.33. The van der Waals surface area contributed by atoms with Crippen LogP contribution in [-0.4, -0.2) is 31.3 Å². The molecule has 1 aromatic heterocycles. The first-order chi connectivity index (χ1) is 7.27. The second kappa shape index (κ2) is 6.90. The van der Waals surface area contributed by atoms with E-state index in [1.165, 1.54) is 0 Å². The zero-order valence-corrected chi connectivity index (χ0v) is 10.1. The summed E-state index contributed by atoms with van der Waals surface area (Å²) < 4.78 is 5.19. The van der Waals surface area contributed by atoms with E-state index in [2.05, 4.69) is 17.2 Å². The van der Waals surface area contributed by atoms with Crippen molar-refractivity contribution in [2.45, 2.75) is 25.5 Å². The van der Waals surface area contributed by atoms with Gasteiger partial charge >= 0.3 is 0 Å². The number of methoxy groups -OCH3 is 1. The Kier molecular flexibility index (Phi) is 5.78. The molecular formula is C10H19N3OS. The molecule has 0 aromatic carbocycles. The van der Waals surface area contributed by atoms with Crippen LogP contribution >= 0.6 is 11.3 Å². The van der Waals surface area contributed by atoms with Crippen LogP contribution in [0.5, 0.6) is 0 Å². The molecule has 0 aliphatic heterocycles. The van der Waals surface area contributed by atoms with Crippen LogP contribution in [0.1, 0.15) is 24.4 Å². The van der Waals surface area contributed by atoms with Crippen LogP contribution in [0.3, 0.4) is 0 Å². The monoisotopic (exact) mass is 229 g/mol. The number of nitrogens with two attached hydrogens (primary N) is 1. The van der Waals surface area contributed by atoms with Crippen LogP contribution in [0, 0.1) is 0 Å². The summed E-state index contributed by atoms with van der Waals surface area (Å²) in [5.74, 6) is 0. The van der Waals surface area contributed by atoms with Gasteiger partial charge in [0.2, 0.25) is 0 Å². The van der Waals surface area contributed by atoms with E-state index in [1.54, 1.807) is 18.4 Å². The first-order valence-electron chi connectivity index (χ1n) is 5.13. The lowest BCUT2D eigenvalue weighted by molar-refractivity contribution is 0.101. The van der Waals surface area contributed by atoms with Crippen LogP contribution in [0.25, 0.3) is 0 Å². The maximum Gasteiger partial charge on any atom is 0.109 e. The Labute approximate surface area is 94.8 Å². The molecule has 1 heterocycles. The van der Waals surface area contributed by atoms with Gasteiger partial charge in [-0.3, -0.25) is 0 Å². The van der Waals surface area contributed by atoms with Gasteiger partial charge in [0.25, 0.3) is 0 Å². The summed E-state index contributed by atoms with van der Waals surface area (Å²) in [4.78, 5) is 4.25. The van der Waals surface area contributed by atoms with E-state index in [0.717, 1.165) is 18.0 Å². The molecule has 0 amide bonds. The molecule has 0 radical (unpaired) electrons. The summed E-state index contributed by atoms with van der Waals surface area (Å²) in [5, 5.41) is 6.51. The Morgan fingerprint density at radius 2 is 2.47 bits per heavy atom. The number of nitrogens with one attached hydrogen (secondary N) is 1. The molecule has 15 heavy (non-hydrogen) atoms. The van der Waals surface area contributed by atoms with E-state index < -0.39 is 0 Å². The Balaban J connectivity index is 2.20. The molecule has 0 spiro atoms. The zero-order chi connectivity index (χ0) is 11.1. The molecule has 0 bridgehead atoms. The fourth-order valence-corrected chi connectivity index (χ4v) is 2.00. The first-order valence-corrected chi connectivity index (χ1v) is 6.01. The van der Waals surface area contributed by atoms with Gasteiger partial charge in [0.15, 0.2) is 0 Å². The standard InChI is InChI=1S/C10H19N3OS/c1-8(10-13-5-6-15-10)12-4-3-9(7-11)14-2/h5-6,8-9,12H,3-4,7,11H2,1-2H3. The Hall–Kier alpha value is -0.490. The molecule has 5 heteroatoms. The number of rotatable bonds is 7. The predicted molar refractivity (Wildman–Crippen MR) is 63.0 cm³/mol. The highest BCUT2D eigenvalue weighted by atomic mass is 32.1. The van der Waals surface area contributed by atoms with Crippen LogP contribution < -0.4 is 11.1 Å². The molecule has 0 aliphatic carbocycles. The molecule has 0 aliphatic rings. The Morgan fingerprint density at radius 1 is 1.67 bits per heavy atom. The van der Waals surface area contributed by atoms with Crippen molar-refractivity contribution < 1.29 is 4.74 Å². The van der Waals surface area contributed by atoms with Gasteiger partial charge < -0.3 is 15.8 Å². The van der Waals surface area contributed by atoms with Gasteiger partial charge in [-0.05, 0) is 19.9 Å². The van der Waals surface area contributed by atoms with E-state index in [-0.39, 0.29) is 6.10 Å². The number of nitrogens with zero attached hydrogens (tertiary/aromatic N) is 1. The number of aromatic nitrogens is 1. The van der Waals surface area contributed by atoms with Crippen LogP contribution in [0.15, 0.2) is 11.6 Å². The highest BCUT2D eigenvalue weighted by Crippen LogP contribution is 2.14. The first kappa shape index (κ1) is 12.6. The topological polar surface area (TPSA) is 60.2 Å². The molecular weight excluding hydrogens is 210 g/mol. The van der Waals surface area contributed by atoms with Gasteiger partial charge in [-0.1, -0.05) is 0 Å². The fourth-order valence-electron chi connectivity index (χ4n) is 1.33. The van der Waals surface area contributed by atoms with E-state index in [1.807, 2.05) is 11.6 Å². The molecule has 1 rings (SSSR count). The maximum absolute atomic E-state index is 5.53. The highest BCUT2D eigenvalue weighted by molar-refractivity contribution is 7.09. The SMILES string of the molecule is COC(CN)CCNC(C)c1nccs1. The average molecular weight is 229 g/mol. The maximum atomic E-state index is 5.53. The number of thiazole rings is 1. The van der Waals surface area contributed by atoms with Crippen molar-refractivity contribution in [3.8, 4) is 0 Å². The highest BCUT2D eigenvalue weighted by Gasteiger charge is 2.08. The lowest BCUT2D eigenvalue weighted by Crippen LogP contribution is -2.28. The largest absolute Gasteiger partial charge is 0.380 e. The van der Waals surface area contributed by atoms with Crippen LogP contribution in [-0.2, 0) is 4.74 Å². The molecule has 4 nitrogen and oxygen atoms in total. The summed E-state index contributed by atoms with van der Waals surface area (Å²) in [6.45, 7) is 3.59. The average Bonchev–Trinajstić information content (AvgIpc) is 2.77. The number of hydrogen-bond donors (Lipinski definition) is 2. The Morgan fingerprint density at radius 3 is 3.00 bits per heavy atom. The van der Waals surface area contributed by atoms with Gasteiger partial charge in [0.05, 0.1) is 12.1 Å². The molecule has 2 unspecified atom stereocenters. The summed E-state index contributed by atoms with van der Waals surface area (Å²) in [6.07, 6.45) is 2.92. The fraction of sp³-hybridized carbons (Fsp3) is 0.700. The molecule has 1 aromatic rings. The van der Waals surface area contributed by atoms with E-state index in [0.29, 0.717) is 12.6 Å². The third kappa shape index (κ3) is 4.25. The summed E-state index contributed by atoms with van der Waals surface area (Å²) in [6, 6.07) is 0.306. The third-order valence-corrected chi connectivity index (χ3v) is 3.29. The van der Waals surface area contributed by atoms with Gasteiger partial charge in [-0.15, -0.1) is 11.3 Å². The van der Waals surface area contributed by atoms with E-state index in [4.69, 9.17) is 10.5 Å². The number of hydrogen-bond acceptors (Lipinski definition) is 5. The van der Waals surface area contributed by atoms with Gasteiger partial charge in [-0.25, -0.2) is 4.98 Å². The van der Waals surface area contributed by atoms with Gasteiger partial charge in [-0.2, -0.15) is 0 Å². The van der Waals surface area contributed by atoms with Crippen molar-refractivity contribution in [3.05, 3.63) is 16.6 Å². The molecule has 3 N–H and O–H groups in total. The quantitative estimate of drug-likeness (QED) is 0.736. The minimum atomic E-state index is 0.154. The molecule has 0 saturated heterocycles. The second-order valence-electron chi connectivity index (χ2n) is 3.43. The molecule has 0 saturated carbocycles. The van der Waals surface area contributed by atoms with Crippen molar-refractivity contribution in [3.63, 3.8) is 0 Å². The van der Waals surface area contributed by atoms with Crippen LogP contribution in [0.4, 0.5) is 0 Å². The normalized spacial score (nSPS) is 15.1. The molecule has 86 valence electrons.